The Bertz CT molecular complexity index is 1070. The fraction of sp³-hybridized carbons (Fsp3) is 0.881. The molecule has 0 aromatic carbocycles. The Labute approximate surface area is 329 Å². The molecule has 0 aliphatic carbocycles. The number of rotatable bonds is 19. The first-order valence-electron chi connectivity index (χ1n) is 19.3. The molecule has 320 valence electrons. The van der Waals surface area contributed by atoms with E-state index in [2.05, 4.69) is 5.32 Å². The first-order valence-corrected chi connectivity index (χ1v) is 19.3. The molecule has 54 heavy (non-hydrogen) atoms. The minimum absolute atomic E-state index is 0.0482. The van der Waals surface area contributed by atoms with Crippen LogP contribution < -0.4 is 5.32 Å². The van der Waals surface area contributed by atoms with Crippen molar-refractivity contribution in [3.8, 4) is 0 Å². The molecule has 0 heterocycles. The van der Waals surface area contributed by atoms with Crippen molar-refractivity contribution in [1.82, 2.24) is 5.32 Å². The van der Waals surface area contributed by atoms with Crippen molar-refractivity contribution in [1.29, 1.82) is 0 Å². The first-order chi connectivity index (χ1) is 24.2. The van der Waals surface area contributed by atoms with Crippen LogP contribution >= 0.6 is 0 Å². The van der Waals surface area contributed by atoms with Gasteiger partial charge in [-0.05, 0) is 68.7 Å². The molecule has 12 heteroatoms. The van der Waals surface area contributed by atoms with Crippen LogP contribution in [0.25, 0.3) is 0 Å². The predicted octanol–water partition coefficient (Wildman–Crippen LogP) is 7.85. The second kappa shape index (κ2) is 26.4. The van der Waals surface area contributed by atoms with Crippen molar-refractivity contribution >= 4 is 29.4 Å². The summed E-state index contributed by atoms with van der Waals surface area (Å²) in [6.45, 7) is 38.1. The van der Waals surface area contributed by atoms with E-state index in [-0.39, 0.29) is 89.5 Å². The van der Waals surface area contributed by atoms with Gasteiger partial charge in [0.25, 0.3) is 0 Å². The summed E-state index contributed by atoms with van der Waals surface area (Å²) in [6, 6.07) is 0. The Morgan fingerprint density at radius 1 is 0.407 bits per heavy atom. The van der Waals surface area contributed by atoms with Crippen LogP contribution in [0, 0.1) is 16.2 Å². The number of nitrogens with one attached hydrogen (secondary N) is 1. The highest BCUT2D eigenvalue weighted by atomic mass is 16.6. The zero-order chi connectivity index (χ0) is 43.0. The van der Waals surface area contributed by atoms with Gasteiger partial charge in [0.2, 0.25) is 5.91 Å². The Kier molecular flexibility index (Phi) is 27.4. The lowest BCUT2D eigenvalue weighted by atomic mass is 9.88. The van der Waals surface area contributed by atoms with E-state index in [9.17, 15) is 24.0 Å². The van der Waals surface area contributed by atoms with E-state index in [0.29, 0.717) is 52.4 Å². The maximum absolute atomic E-state index is 11.6. The highest BCUT2D eigenvalue weighted by Crippen LogP contribution is 2.19. The molecule has 0 spiro atoms. The summed E-state index contributed by atoms with van der Waals surface area (Å²) in [6.07, 6.45) is 1.65. The SMILES string of the molecule is CC(C)(C)OCCOC(=O)CCC(=O)C(C)(C)C.CC(C)(C)OCCOC(=O)CCCC(=O)C(C)(C)C.CC(C)(C)OCCOCCNC(=O)C(C)(C)C. The lowest BCUT2D eigenvalue weighted by Gasteiger charge is -2.20. The molecular formula is C42H81NO11. The van der Waals surface area contributed by atoms with Crippen LogP contribution in [0.15, 0.2) is 0 Å². The number of ketones is 2. The lowest BCUT2D eigenvalue weighted by Crippen LogP contribution is -2.36. The lowest BCUT2D eigenvalue weighted by molar-refractivity contribution is -0.148. The predicted molar refractivity (Wildman–Crippen MR) is 214 cm³/mol. The molecule has 0 rings (SSSR count). The first kappa shape index (κ1) is 55.9. The molecule has 0 aliphatic rings. The van der Waals surface area contributed by atoms with Crippen molar-refractivity contribution in [2.75, 3.05) is 52.8 Å². The average molecular weight is 776 g/mol. The van der Waals surface area contributed by atoms with Crippen molar-refractivity contribution in [3.05, 3.63) is 0 Å². The number of esters is 2. The minimum Gasteiger partial charge on any atom is -0.463 e. The maximum Gasteiger partial charge on any atom is 0.306 e. The van der Waals surface area contributed by atoms with Gasteiger partial charge in [-0.25, -0.2) is 0 Å². The summed E-state index contributed by atoms with van der Waals surface area (Å²) >= 11 is 0. The second-order valence-electron chi connectivity index (χ2n) is 19.1. The van der Waals surface area contributed by atoms with Crippen LogP contribution in [-0.4, -0.2) is 99.0 Å². The molecule has 12 nitrogen and oxygen atoms in total. The van der Waals surface area contributed by atoms with Crippen LogP contribution in [0.1, 0.15) is 157 Å². The number of hydrogen-bond acceptors (Lipinski definition) is 11. The number of Topliss-reactive ketones (excluding diaryl/α,β-unsaturated/α-hetero) is 2. The number of carbonyl (C=O) groups excluding carboxylic acids is 5. The monoisotopic (exact) mass is 776 g/mol. The molecule has 0 bridgehead atoms. The van der Waals surface area contributed by atoms with Crippen LogP contribution in [-0.2, 0) is 52.4 Å². The summed E-state index contributed by atoms with van der Waals surface area (Å²) in [5.74, 6) is -0.307. The van der Waals surface area contributed by atoms with Gasteiger partial charge in [-0.2, -0.15) is 0 Å². The van der Waals surface area contributed by atoms with Gasteiger partial charge in [-0.15, -0.1) is 0 Å². The third kappa shape index (κ3) is 40.8. The van der Waals surface area contributed by atoms with Gasteiger partial charge in [0, 0.05) is 42.1 Å². The quantitative estimate of drug-likeness (QED) is 0.101. The molecule has 0 atom stereocenters. The van der Waals surface area contributed by atoms with E-state index in [0.717, 1.165) is 0 Å². The summed E-state index contributed by atoms with van der Waals surface area (Å²) in [5.41, 5.74) is -1.63. The number of carbonyl (C=O) groups is 5. The van der Waals surface area contributed by atoms with Gasteiger partial charge in [-0.3, -0.25) is 24.0 Å². The number of amides is 1. The Balaban J connectivity index is -0.000000724. The van der Waals surface area contributed by atoms with Crippen LogP contribution in [0.2, 0.25) is 0 Å². The summed E-state index contributed by atoms with van der Waals surface area (Å²) in [5, 5.41) is 2.83. The van der Waals surface area contributed by atoms with Crippen LogP contribution in [0.5, 0.6) is 0 Å². The number of hydrogen-bond donors (Lipinski definition) is 1. The zero-order valence-electron chi connectivity index (χ0n) is 37.7. The molecule has 0 fully saturated rings. The average Bonchev–Trinajstić information content (AvgIpc) is 2.97. The van der Waals surface area contributed by atoms with Gasteiger partial charge < -0.3 is 33.7 Å². The summed E-state index contributed by atoms with van der Waals surface area (Å²) in [7, 11) is 0. The molecule has 1 amide bonds. The normalized spacial score (nSPS) is 12.4. The minimum atomic E-state index is -0.393. The third-order valence-corrected chi connectivity index (χ3v) is 6.75. The Morgan fingerprint density at radius 3 is 1.15 bits per heavy atom. The fourth-order valence-electron chi connectivity index (χ4n) is 3.52. The summed E-state index contributed by atoms with van der Waals surface area (Å²) in [4.78, 5) is 57.5. The van der Waals surface area contributed by atoms with Crippen LogP contribution in [0.3, 0.4) is 0 Å². The van der Waals surface area contributed by atoms with Gasteiger partial charge >= 0.3 is 11.9 Å². The molecular weight excluding hydrogens is 694 g/mol. The third-order valence-electron chi connectivity index (χ3n) is 6.75. The Morgan fingerprint density at radius 2 is 0.778 bits per heavy atom. The molecule has 0 saturated carbocycles. The molecule has 0 radical (unpaired) electrons. The zero-order valence-corrected chi connectivity index (χ0v) is 37.7. The van der Waals surface area contributed by atoms with E-state index in [1.165, 1.54) is 0 Å². The molecule has 1 N–H and O–H groups in total. The molecule has 0 aromatic rings. The standard InChI is InChI=1S/C15H28O4.C14H26O4.C13H27NO3/c1-14(2,3)12(16)8-7-9-13(17)18-10-11-19-15(4,5)6;1-13(2,3)11(15)7-8-12(16)17-9-10-18-14(4,5)6;1-12(2,3)11(15)14-7-8-16-9-10-17-13(4,5)6/h7-11H2,1-6H3;7-10H2,1-6H3;7-10H2,1-6H3,(H,14,15). The topological polar surface area (TPSA) is 153 Å². The van der Waals surface area contributed by atoms with Gasteiger partial charge in [0.05, 0.1) is 56.3 Å². The van der Waals surface area contributed by atoms with Gasteiger partial charge in [-0.1, -0.05) is 62.3 Å². The van der Waals surface area contributed by atoms with Gasteiger partial charge in [0.15, 0.2) is 0 Å². The van der Waals surface area contributed by atoms with Crippen molar-refractivity contribution in [2.45, 2.75) is 174 Å². The fourth-order valence-corrected chi connectivity index (χ4v) is 3.52. The van der Waals surface area contributed by atoms with E-state index in [1.807, 2.05) is 125 Å². The van der Waals surface area contributed by atoms with Crippen LogP contribution in [0.4, 0.5) is 0 Å². The highest BCUT2D eigenvalue weighted by molar-refractivity contribution is 5.86. The van der Waals surface area contributed by atoms with Crippen molar-refractivity contribution in [3.63, 3.8) is 0 Å². The smallest absolute Gasteiger partial charge is 0.306 e. The second-order valence-corrected chi connectivity index (χ2v) is 19.1. The van der Waals surface area contributed by atoms with E-state index < -0.39 is 5.41 Å². The van der Waals surface area contributed by atoms with Crippen molar-refractivity contribution in [2.24, 2.45) is 16.2 Å². The maximum atomic E-state index is 11.6. The van der Waals surface area contributed by atoms with E-state index >= 15 is 0 Å². The van der Waals surface area contributed by atoms with E-state index in [1.54, 1.807) is 0 Å². The highest BCUT2D eigenvalue weighted by Gasteiger charge is 2.23. The van der Waals surface area contributed by atoms with Gasteiger partial charge in [0.1, 0.15) is 24.8 Å². The molecule has 0 saturated heterocycles. The van der Waals surface area contributed by atoms with Crippen molar-refractivity contribution < 1.29 is 52.4 Å². The molecule has 0 unspecified atom stereocenters. The molecule has 0 aromatic heterocycles. The van der Waals surface area contributed by atoms with E-state index in [4.69, 9.17) is 28.4 Å². The Hall–Kier alpha value is -2.41. The number of ether oxygens (including phenoxy) is 6. The largest absolute Gasteiger partial charge is 0.463 e. The molecule has 0 aliphatic heterocycles. The summed E-state index contributed by atoms with van der Waals surface area (Å²) < 4.78 is 31.7.